The third-order valence-electron chi connectivity index (χ3n) is 4.27. The summed E-state index contributed by atoms with van der Waals surface area (Å²) < 4.78 is 5.36. The number of hydrogen-bond acceptors (Lipinski definition) is 3. The zero-order chi connectivity index (χ0) is 17.3. The van der Waals surface area contributed by atoms with Gasteiger partial charge in [-0.25, -0.2) is 0 Å². The number of rotatable bonds is 7. The average Bonchev–Trinajstić information content (AvgIpc) is 3.32. The van der Waals surface area contributed by atoms with Crippen LogP contribution in [-0.4, -0.2) is 38.2 Å². The van der Waals surface area contributed by atoms with Crippen molar-refractivity contribution in [2.24, 2.45) is 4.99 Å². The maximum absolute atomic E-state index is 5.36. The van der Waals surface area contributed by atoms with Gasteiger partial charge in [0.1, 0.15) is 5.76 Å². The second-order valence-electron chi connectivity index (χ2n) is 6.14. The molecule has 1 aliphatic rings. The van der Waals surface area contributed by atoms with E-state index in [1.54, 1.807) is 6.26 Å². The minimum atomic E-state index is 0. The Balaban J connectivity index is 0.00000243. The summed E-state index contributed by atoms with van der Waals surface area (Å²) in [5, 5.41) is 6.85. The highest BCUT2D eigenvalue weighted by atomic mass is 127. The van der Waals surface area contributed by atoms with Gasteiger partial charge in [-0.2, -0.15) is 0 Å². The summed E-state index contributed by atoms with van der Waals surface area (Å²) in [5.41, 5.74) is 1.28. The van der Waals surface area contributed by atoms with Crippen LogP contribution in [0.3, 0.4) is 0 Å². The molecule has 5 nitrogen and oxygen atoms in total. The maximum atomic E-state index is 5.36. The number of halogens is 1. The molecule has 0 radical (unpaired) electrons. The molecule has 26 heavy (non-hydrogen) atoms. The zero-order valence-corrected chi connectivity index (χ0v) is 17.3. The van der Waals surface area contributed by atoms with Gasteiger partial charge >= 0.3 is 0 Å². The highest BCUT2D eigenvalue weighted by molar-refractivity contribution is 14.0. The Hall–Kier alpha value is -1.96. The van der Waals surface area contributed by atoms with Crippen LogP contribution in [-0.2, 0) is 6.42 Å². The SMILES string of the molecule is C=CCNC(=NCCc1ccco1)NC1CCN(c2ccccc2)C1.I. The predicted molar refractivity (Wildman–Crippen MR) is 119 cm³/mol. The molecule has 2 N–H and O–H groups in total. The molecule has 140 valence electrons. The number of para-hydroxylation sites is 1. The van der Waals surface area contributed by atoms with E-state index >= 15 is 0 Å². The molecule has 1 fully saturated rings. The molecule has 2 heterocycles. The van der Waals surface area contributed by atoms with Crippen LogP contribution in [0.25, 0.3) is 0 Å². The van der Waals surface area contributed by atoms with Crippen LogP contribution in [0.1, 0.15) is 12.2 Å². The topological polar surface area (TPSA) is 52.8 Å². The molecule has 3 rings (SSSR count). The first kappa shape index (κ1) is 20.4. The van der Waals surface area contributed by atoms with E-state index in [4.69, 9.17) is 4.42 Å². The summed E-state index contributed by atoms with van der Waals surface area (Å²) in [6.45, 7) is 7.20. The van der Waals surface area contributed by atoms with Crippen LogP contribution < -0.4 is 15.5 Å². The Morgan fingerprint density at radius 3 is 2.85 bits per heavy atom. The van der Waals surface area contributed by atoms with Crippen LogP contribution in [0.4, 0.5) is 5.69 Å². The smallest absolute Gasteiger partial charge is 0.191 e. The molecule has 2 aromatic rings. The summed E-state index contributed by atoms with van der Waals surface area (Å²) >= 11 is 0. The monoisotopic (exact) mass is 466 g/mol. The molecule has 0 aliphatic carbocycles. The molecule has 1 atom stereocenters. The zero-order valence-electron chi connectivity index (χ0n) is 14.9. The van der Waals surface area contributed by atoms with Crippen molar-refractivity contribution in [3.8, 4) is 0 Å². The average molecular weight is 466 g/mol. The number of nitrogens with zero attached hydrogens (tertiary/aromatic N) is 2. The third kappa shape index (κ3) is 6.09. The van der Waals surface area contributed by atoms with Crippen LogP contribution in [0.2, 0.25) is 0 Å². The largest absolute Gasteiger partial charge is 0.469 e. The molecule has 0 spiro atoms. The normalized spacial score (nSPS) is 16.8. The number of hydrogen-bond donors (Lipinski definition) is 2. The first-order chi connectivity index (χ1) is 12.3. The molecule has 1 unspecified atom stereocenters. The number of benzene rings is 1. The number of aliphatic imine (C=N–C) groups is 1. The fraction of sp³-hybridized carbons (Fsp3) is 0.350. The van der Waals surface area contributed by atoms with E-state index < -0.39 is 0 Å². The number of anilines is 1. The summed E-state index contributed by atoms with van der Waals surface area (Å²) in [6, 6.07) is 14.8. The van der Waals surface area contributed by atoms with E-state index in [9.17, 15) is 0 Å². The third-order valence-corrected chi connectivity index (χ3v) is 4.27. The molecule has 1 saturated heterocycles. The first-order valence-electron chi connectivity index (χ1n) is 8.83. The van der Waals surface area contributed by atoms with Gasteiger partial charge in [-0.15, -0.1) is 30.6 Å². The lowest BCUT2D eigenvalue weighted by Crippen LogP contribution is -2.44. The molecule has 1 aromatic heterocycles. The van der Waals surface area contributed by atoms with Gasteiger partial charge in [0, 0.05) is 44.3 Å². The minimum Gasteiger partial charge on any atom is -0.469 e. The lowest BCUT2D eigenvalue weighted by molar-refractivity contribution is 0.510. The van der Waals surface area contributed by atoms with Gasteiger partial charge in [-0.1, -0.05) is 24.3 Å². The number of nitrogens with one attached hydrogen (secondary N) is 2. The van der Waals surface area contributed by atoms with E-state index in [0.717, 1.165) is 37.7 Å². The molecule has 0 bridgehead atoms. The van der Waals surface area contributed by atoms with E-state index in [0.29, 0.717) is 19.1 Å². The Labute approximate surface area is 172 Å². The van der Waals surface area contributed by atoms with Gasteiger partial charge in [-0.05, 0) is 30.7 Å². The summed E-state index contributed by atoms with van der Waals surface area (Å²) in [6.07, 6.45) is 5.44. The van der Waals surface area contributed by atoms with Gasteiger partial charge in [0.15, 0.2) is 5.96 Å². The minimum absolute atomic E-state index is 0. The fourth-order valence-corrected chi connectivity index (χ4v) is 3.00. The molecule has 0 saturated carbocycles. The quantitative estimate of drug-likeness (QED) is 0.284. The van der Waals surface area contributed by atoms with Crippen molar-refractivity contribution in [2.45, 2.75) is 18.9 Å². The van der Waals surface area contributed by atoms with Crippen molar-refractivity contribution in [3.05, 3.63) is 67.1 Å². The standard InChI is InChI=1S/C20H26N4O.HI/c1-2-12-21-20(22-13-10-19-9-6-15-25-19)23-17-11-14-24(16-17)18-7-4-3-5-8-18;/h2-9,15,17H,1,10-14,16H2,(H2,21,22,23);1H. The van der Waals surface area contributed by atoms with E-state index in [1.165, 1.54) is 5.69 Å². The number of furan rings is 1. The molecule has 1 aliphatic heterocycles. The van der Waals surface area contributed by atoms with Crippen LogP contribution in [0.5, 0.6) is 0 Å². The molecular formula is C20H27IN4O. The highest BCUT2D eigenvalue weighted by Gasteiger charge is 2.23. The fourth-order valence-electron chi connectivity index (χ4n) is 3.00. The van der Waals surface area contributed by atoms with Crippen LogP contribution in [0.15, 0.2) is 70.8 Å². The van der Waals surface area contributed by atoms with Gasteiger partial charge in [0.25, 0.3) is 0 Å². The summed E-state index contributed by atoms with van der Waals surface area (Å²) in [7, 11) is 0. The van der Waals surface area contributed by atoms with Crippen molar-refractivity contribution >= 4 is 35.6 Å². The summed E-state index contributed by atoms with van der Waals surface area (Å²) in [4.78, 5) is 7.07. The number of guanidine groups is 1. The molecular weight excluding hydrogens is 439 g/mol. The molecule has 6 heteroatoms. The van der Waals surface area contributed by atoms with E-state index in [2.05, 4.69) is 57.4 Å². The maximum Gasteiger partial charge on any atom is 0.191 e. The Morgan fingerprint density at radius 2 is 2.12 bits per heavy atom. The van der Waals surface area contributed by atoms with Gasteiger partial charge in [-0.3, -0.25) is 4.99 Å². The van der Waals surface area contributed by atoms with Crippen LogP contribution in [0, 0.1) is 0 Å². The van der Waals surface area contributed by atoms with Crippen LogP contribution >= 0.6 is 24.0 Å². The molecule has 1 aromatic carbocycles. The highest BCUT2D eigenvalue weighted by Crippen LogP contribution is 2.19. The van der Waals surface area contributed by atoms with Gasteiger partial charge in [0.2, 0.25) is 0 Å². The van der Waals surface area contributed by atoms with Gasteiger partial charge < -0.3 is 20.0 Å². The first-order valence-corrected chi connectivity index (χ1v) is 8.83. The van der Waals surface area contributed by atoms with Crippen molar-refractivity contribution in [1.82, 2.24) is 10.6 Å². The second kappa shape index (κ2) is 10.9. The van der Waals surface area contributed by atoms with Crippen molar-refractivity contribution in [3.63, 3.8) is 0 Å². The molecule has 0 amide bonds. The van der Waals surface area contributed by atoms with Crippen molar-refractivity contribution in [2.75, 3.05) is 31.1 Å². The van der Waals surface area contributed by atoms with Crippen molar-refractivity contribution < 1.29 is 4.42 Å². The Kier molecular flexibility index (Phi) is 8.53. The van der Waals surface area contributed by atoms with Gasteiger partial charge in [0.05, 0.1) is 6.26 Å². The summed E-state index contributed by atoms with van der Waals surface area (Å²) in [5.74, 6) is 1.80. The lowest BCUT2D eigenvalue weighted by Gasteiger charge is -2.20. The Bertz CT molecular complexity index is 672. The Morgan fingerprint density at radius 1 is 1.27 bits per heavy atom. The van der Waals surface area contributed by atoms with E-state index in [1.807, 2.05) is 18.2 Å². The van der Waals surface area contributed by atoms with Crippen molar-refractivity contribution in [1.29, 1.82) is 0 Å². The lowest BCUT2D eigenvalue weighted by atomic mass is 10.2. The second-order valence-corrected chi connectivity index (χ2v) is 6.14. The van der Waals surface area contributed by atoms with E-state index in [-0.39, 0.29) is 24.0 Å². The predicted octanol–water partition coefficient (Wildman–Crippen LogP) is 3.44.